The molecule has 2 nitrogen and oxygen atoms in total. The summed E-state index contributed by atoms with van der Waals surface area (Å²) in [7, 11) is 0. The van der Waals surface area contributed by atoms with Crippen molar-refractivity contribution in [3.63, 3.8) is 0 Å². The van der Waals surface area contributed by atoms with Crippen molar-refractivity contribution < 1.29 is 0 Å². The van der Waals surface area contributed by atoms with Crippen LogP contribution in [0.2, 0.25) is 0 Å². The van der Waals surface area contributed by atoms with E-state index in [0.717, 1.165) is 10.7 Å². The first-order chi connectivity index (χ1) is 8.66. The van der Waals surface area contributed by atoms with E-state index in [2.05, 4.69) is 41.6 Å². The number of H-pyrrole nitrogens is 1. The summed E-state index contributed by atoms with van der Waals surface area (Å²) >= 11 is 5.54. The molecule has 1 aliphatic rings. The molecule has 2 unspecified atom stereocenters. The SMILES string of the molecule is Cc1ccc2[nH]c(=S)n(C3CCCCC3C)c2c1. The Kier molecular flexibility index (Phi) is 3.02. The number of hydrogen-bond acceptors (Lipinski definition) is 1. The highest BCUT2D eigenvalue weighted by molar-refractivity contribution is 7.71. The zero-order chi connectivity index (χ0) is 12.7. The van der Waals surface area contributed by atoms with Crippen LogP contribution < -0.4 is 0 Å². The molecule has 0 radical (unpaired) electrons. The maximum absolute atomic E-state index is 5.54. The molecule has 1 aromatic heterocycles. The predicted molar refractivity (Wildman–Crippen MR) is 78.5 cm³/mol. The van der Waals surface area contributed by atoms with E-state index in [1.807, 2.05) is 0 Å². The third-order valence-corrected chi connectivity index (χ3v) is 4.57. The maximum Gasteiger partial charge on any atom is 0.178 e. The minimum Gasteiger partial charge on any atom is -0.331 e. The summed E-state index contributed by atoms with van der Waals surface area (Å²) in [4.78, 5) is 3.35. The fourth-order valence-electron chi connectivity index (χ4n) is 3.24. The molecule has 1 heterocycles. The van der Waals surface area contributed by atoms with Crippen molar-refractivity contribution in [3.05, 3.63) is 28.5 Å². The number of fused-ring (bicyclic) bond motifs is 1. The first kappa shape index (κ1) is 12.0. The number of rotatable bonds is 1. The monoisotopic (exact) mass is 260 g/mol. The zero-order valence-electron chi connectivity index (χ0n) is 11.1. The molecule has 0 saturated heterocycles. The summed E-state index contributed by atoms with van der Waals surface area (Å²) in [6.07, 6.45) is 5.28. The van der Waals surface area contributed by atoms with Crippen molar-refractivity contribution >= 4 is 23.3 Å². The number of hydrogen-bond donors (Lipinski definition) is 1. The highest BCUT2D eigenvalue weighted by atomic mass is 32.1. The molecular weight excluding hydrogens is 240 g/mol. The lowest BCUT2D eigenvalue weighted by molar-refractivity contribution is 0.260. The fraction of sp³-hybridized carbons (Fsp3) is 0.533. The van der Waals surface area contributed by atoms with E-state index in [1.54, 1.807) is 0 Å². The largest absolute Gasteiger partial charge is 0.331 e. The molecule has 0 amide bonds. The normalized spacial score (nSPS) is 24.6. The molecule has 2 atom stereocenters. The van der Waals surface area contributed by atoms with E-state index >= 15 is 0 Å². The molecule has 1 N–H and O–H groups in total. The topological polar surface area (TPSA) is 20.7 Å². The van der Waals surface area contributed by atoms with Gasteiger partial charge in [-0.15, -0.1) is 0 Å². The average molecular weight is 260 g/mol. The molecule has 0 bridgehead atoms. The van der Waals surface area contributed by atoms with Crippen molar-refractivity contribution in [1.82, 2.24) is 9.55 Å². The van der Waals surface area contributed by atoms with Gasteiger partial charge < -0.3 is 9.55 Å². The van der Waals surface area contributed by atoms with Gasteiger partial charge in [0.15, 0.2) is 4.77 Å². The van der Waals surface area contributed by atoms with Crippen LogP contribution >= 0.6 is 12.2 Å². The third kappa shape index (κ3) is 1.91. The number of imidazole rings is 1. The van der Waals surface area contributed by atoms with Crippen molar-refractivity contribution in [2.24, 2.45) is 5.92 Å². The summed E-state index contributed by atoms with van der Waals surface area (Å²) in [6.45, 7) is 4.50. The van der Waals surface area contributed by atoms with E-state index in [1.165, 1.54) is 42.3 Å². The Hall–Kier alpha value is -1.09. The first-order valence-corrected chi connectivity index (χ1v) is 7.28. The Balaban J connectivity index is 2.18. The van der Waals surface area contributed by atoms with Gasteiger partial charge >= 0.3 is 0 Å². The van der Waals surface area contributed by atoms with Gasteiger partial charge in [0, 0.05) is 6.04 Å². The van der Waals surface area contributed by atoms with Gasteiger partial charge in [-0.05, 0) is 55.6 Å². The Morgan fingerprint density at radius 2 is 2.06 bits per heavy atom. The Bertz CT molecular complexity index is 623. The maximum atomic E-state index is 5.54. The van der Waals surface area contributed by atoms with E-state index in [0.29, 0.717) is 6.04 Å². The van der Waals surface area contributed by atoms with Gasteiger partial charge in [-0.25, -0.2) is 0 Å². The number of nitrogens with zero attached hydrogens (tertiary/aromatic N) is 1. The van der Waals surface area contributed by atoms with Crippen molar-refractivity contribution in [3.8, 4) is 0 Å². The van der Waals surface area contributed by atoms with Gasteiger partial charge in [0.05, 0.1) is 11.0 Å². The van der Waals surface area contributed by atoms with Gasteiger partial charge in [0.1, 0.15) is 0 Å². The van der Waals surface area contributed by atoms with Crippen LogP contribution in [-0.2, 0) is 0 Å². The molecule has 0 aliphatic heterocycles. The number of aryl methyl sites for hydroxylation is 1. The lowest BCUT2D eigenvalue weighted by atomic mass is 9.85. The molecule has 0 spiro atoms. The van der Waals surface area contributed by atoms with Gasteiger partial charge in [0.2, 0.25) is 0 Å². The Morgan fingerprint density at radius 3 is 2.83 bits per heavy atom. The molecule has 2 aromatic rings. The van der Waals surface area contributed by atoms with Gasteiger partial charge in [-0.3, -0.25) is 0 Å². The van der Waals surface area contributed by atoms with Gasteiger partial charge in [0.25, 0.3) is 0 Å². The van der Waals surface area contributed by atoms with Crippen LogP contribution in [0, 0.1) is 17.6 Å². The second-order valence-electron chi connectivity index (χ2n) is 5.65. The summed E-state index contributed by atoms with van der Waals surface area (Å²) in [5.74, 6) is 0.727. The molecule has 96 valence electrons. The Labute approximate surface area is 113 Å². The summed E-state index contributed by atoms with van der Waals surface area (Å²) in [5.41, 5.74) is 3.75. The molecule has 3 rings (SSSR count). The smallest absolute Gasteiger partial charge is 0.178 e. The second-order valence-corrected chi connectivity index (χ2v) is 6.04. The number of aromatic nitrogens is 2. The van der Waals surface area contributed by atoms with E-state index in [9.17, 15) is 0 Å². The van der Waals surface area contributed by atoms with E-state index in [-0.39, 0.29) is 0 Å². The number of aromatic amines is 1. The van der Waals surface area contributed by atoms with Crippen LogP contribution in [0.5, 0.6) is 0 Å². The lowest BCUT2D eigenvalue weighted by Crippen LogP contribution is -2.21. The van der Waals surface area contributed by atoms with Gasteiger partial charge in [-0.2, -0.15) is 0 Å². The lowest BCUT2D eigenvalue weighted by Gasteiger charge is -2.30. The molecule has 1 saturated carbocycles. The van der Waals surface area contributed by atoms with Gasteiger partial charge in [-0.1, -0.05) is 25.8 Å². The van der Waals surface area contributed by atoms with Crippen LogP contribution in [0.15, 0.2) is 18.2 Å². The molecule has 18 heavy (non-hydrogen) atoms. The second kappa shape index (κ2) is 4.54. The Morgan fingerprint density at radius 1 is 1.28 bits per heavy atom. The summed E-state index contributed by atoms with van der Waals surface area (Å²) < 4.78 is 3.25. The first-order valence-electron chi connectivity index (χ1n) is 6.87. The minimum absolute atomic E-state index is 0.571. The van der Waals surface area contributed by atoms with Crippen LogP contribution in [-0.4, -0.2) is 9.55 Å². The fourth-order valence-corrected chi connectivity index (χ4v) is 3.58. The zero-order valence-corrected chi connectivity index (χ0v) is 11.9. The molecule has 1 fully saturated rings. The molecule has 1 aromatic carbocycles. The van der Waals surface area contributed by atoms with Crippen molar-refractivity contribution in [2.75, 3.05) is 0 Å². The highest BCUT2D eigenvalue weighted by Gasteiger charge is 2.24. The predicted octanol–water partition coefficient (Wildman–Crippen LogP) is 4.76. The van der Waals surface area contributed by atoms with Crippen molar-refractivity contribution in [1.29, 1.82) is 0 Å². The van der Waals surface area contributed by atoms with Crippen molar-refractivity contribution in [2.45, 2.75) is 45.6 Å². The highest BCUT2D eigenvalue weighted by Crippen LogP contribution is 2.35. The molecule has 1 aliphatic carbocycles. The molecule has 3 heteroatoms. The number of nitrogens with one attached hydrogen (secondary N) is 1. The molecular formula is C15H20N2S. The average Bonchev–Trinajstić information content (AvgIpc) is 2.66. The van der Waals surface area contributed by atoms with E-state index < -0.39 is 0 Å². The summed E-state index contributed by atoms with van der Waals surface area (Å²) in [6, 6.07) is 7.11. The van der Waals surface area contributed by atoms with Crippen LogP contribution in [0.4, 0.5) is 0 Å². The van der Waals surface area contributed by atoms with Crippen LogP contribution in [0.1, 0.15) is 44.2 Å². The summed E-state index contributed by atoms with van der Waals surface area (Å²) in [5, 5.41) is 0. The quantitative estimate of drug-likeness (QED) is 0.733. The van der Waals surface area contributed by atoms with Crippen LogP contribution in [0.25, 0.3) is 11.0 Å². The number of benzene rings is 1. The minimum atomic E-state index is 0.571. The third-order valence-electron chi connectivity index (χ3n) is 4.27. The van der Waals surface area contributed by atoms with E-state index in [4.69, 9.17) is 12.2 Å². The van der Waals surface area contributed by atoms with Crippen LogP contribution in [0.3, 0.4) is 0 Å². The standard InChI is InChI=1S/C15H20N2S/c1-10-7-8-12-14(9-10)17(15(18)16-12)13-6-4-3-5-11(13)2/h7-9,11,13H,3-6H2,1-2H3,(H,16,18).